The van der Waals surface area contributed by atoms with Crippen LogP contribution in [0.25, 0.3) is 0 Å². The van der Waals surface area contributed by atoms with Crippen molar-refractivity contribution in [3.05, 3.63) is 60.9 Å². The molecule has 31 heavy (non-hydrogen) atoms. The van der Waals surface area contributed by atoms with Gasteiger partial charge in [0.15, 0.2) is 5.75 Å². The van der Waals surface area contributed by atoms with Gasteiger partial charge in [-0.2, -0.15) is 0 Å². The summed E-state index contributed by atoms with van der Waals surface area (Å²) in [4.78, 5) is 28.7. The monoisotopic (exact) mass is 555 g/mol. The molecule has 1 saturated heterocycles. The van der Waals surface area contributed by atoms with Gasteiger partial charge in [-0.1, -0.05) is 6.07 Å². The summed E-state index contributed by atoms with van der Waals surface area (Å²) in [5, 5.41) is 10.5. The lowest BCUT2D eigenvalue weighted by Gasteiger charge is -2.35. The van der Waals surface area contributed by atoms with Crippen molar-refractivity contribution in [3.8, 4) is 5.75 Å². The van der Waals surface area contributed by atoms with Crippen LogP contribution >= 0.6 is 31.9 Å². The molecule has 0 aliphatic carbocycles. The number of hydrogen-bond acceptors (Lipinski definition) is 5. The van der Waals surface area contributed by atoms with Gasteiger partial charge in [-0.25, -0.2) is 4.79 Å². The third-order valence-corrected chi connectivity index (χ3v) is 6.86. The highest BCUT2D eigenvalue weighted by atomic mass is 79.9. The first-order valence-electron chi connectivity index (χ1n) is 10.1. The van der Waals surface area contributed by atoms with Gasteiger partial charge < -0.3 is 19.3 Å². The number of benzene rings is 1. The highest BCUT2D eigenvalue weighted by molar-refractivity contribution is 9.13. The Labute approximate surface area is 198 Å². The fourth-order valence-corrected chi connectivity index (χ4v) is 4.02. The van der Waals surface area contributed by atoms with Gasteiger partial charge in [-0.05, 0) is 76.4 Å². The minimum atomic E-state index is -0.518. The topological polar surface area (TPSA) is 75.0 Å². The Hall–Kier alpha value is -1.84. The fourth-order valence-electron chi connectivity index (χ4n) is 3.34. The molecule has 2 aromatic rings. The van der Waals surface area contributed by atoms with E-state index in [4.69, 9.17) is 4.74 Å². The lowest BCUT2D eigenvalue weighted by Crippen LogP contribution is -2.49. The maximum atomic E-state index is 12.7. The van der Waals surface area contributed by atoms with E-state index in [0.29, 0.717) is 44.8 Å². The molecule has 1 fully saturated rings. The average Bonchev–Trinajstić information content (AvgIpc) is 2.69. The number of ether oxygens (including phenoxy) is 1. The third-order valence-electron chi connectivity index (χ3n) is 4.98. The molecule has 0 unspecified atom stereocenters. The van der Waals surface area contributed by atoms with Gasteiger partial charge >= 0.3 is 6.09 Å². The molecular formula is C22H27Br2N3O4. The average molecular weight is 557 g/mol. The van der Waals surface area contributed by atoms with Crippen molar-refractivity contribution in [1.82, 2.24) is 14.4 Å². The Bertz CT molecular complexity index is 1010. The minimum Gasteiger partial charge on any atom is -0.503 e. The molecule has 1 N–H and O–H groups in total. The van der Waals surface area contributed by atoms with Gasteiger partial charge in [-0.3, -0.25) is 9.69 Å². The van der Waals surface area contributed by atoms with E-state index < -0.39 is 11.2 Å². The van der Waals surface area contributed by atoms with E-state index in [9.17, 15) is 14.7 Å². The number of halogens is 2. The maximum absolute atomic E-state index is 12.7. The van der Waals surface area contributed by atoms with E-state index in [1.165, 1.54) is 4.57 Å². The second kappa shape index (κ2) is 9.75. The number of aromatic hydroxyl groups is 1. The number of pyridine rings is 1. The second-order valence-electron chi connectivity index (χ2n) is 8.61. The van der Waals surface area contributed by atoms with Crippen LogP contribution in [0.5, 0.6) is 5.75 Å². The summed E-state index contributed by atoms with van der Waals surface area (Å²) in [5.41, 5.74) is 0.603. The summed E-state index contributed by atoms with van der Waals surface area (Å²) in [6, 6.07) is 7.56. The standard InChI is InChI=1S/C22H27Br2N3O4/c1-22(2,3)31-21(30)26-10-8-25(9-11-26)14-16-6-7-27(20(29)19(16)28)13-15-4-5-17(23)18(24)12-15/h4-7,12,28H,8-11,13-14H2,1-3H3. The Balaban J connectivity index is 1.62. The zero-order valence-electron chi connectivity index (χ0n) is 17.9. The molecule has 1 aliphatic rings. The van der Waals surface area contributed by atoms with E-state index in [2.05, 4.69) is 36.8 Å². The van der Waals surface area contributed by atoms with E-state index in [1.54, 1.807) is 17.2 Å². The van der Waals surface area contributed by atoms with Crippen LogP contribution in [-0.2, 0) is 17.8 Å². The van der Waals surface area contributed by atoms with E-state index in [1.807, 2.05) is 39.0 Å². The molecule has 1 aromatic heterocycles. The Morgan fingerprint density at radius 2 is 1.74 bits per heavy atom. The largest absolute Gasteiger partial charge is 0.503 e. The van der Waals surface area contributed by atoms with Crippen LogP contribution in [0.1, 0.15) is 31.9 Å². The van der Waals surface area contributed by atoms with Gasteiger partial charge in [0.05, 0.1) is 6.54 Å². The van der Waals surface area contributed by atoms with Crippen molar-refractivity contribution in [3.63, 3.8) is 0 Å². The Kier molecular flexibility index (Phi) is 7.49. The first-order valence-corrected chi connectivity index (χ1v) is 11.7. The summed E-state index contributed by atoms with van der Waals surface area (Å²) in [5.74, 6) is -0.228. The summed E-state index contributed by atoms with van der Waals surface area (Å²) in [6.45, 7) is 8.76. The molecule has 1 aliphatic heterocycles. The number of carbonyl (C=O) groups is 1. The number of amides is 1. The zero-order valence-corrected chi connectivity index (χ0v) is 21.1. The number of aromatic nitrogens is 1. The molecule has 9 heteroatoms. The van der Waals surface area contributed by atoms with Crippen molar-refractivity contribution in [2.75, 3.05) is 26.2 Å². The highest BCUT2D eigenvalue weighted by Crippen LogP contribution is 2.24. The molecular weight excluding hydrogens is 530 g/mol. The highest BCUT2D eigenvalue weighted by Gasteiger charge is 2.26. The molecule has 0 spiro atoms. The van der Waals surface area contributed by atoms with Gasteiger partial charge in [0.2, 0.25) is 0 Å². The second-order valence-corrected chi connectivity index (χ2v) is 10.3. The lowest BCUT2D eigenvalue weighted by molar-refractivity contribution is 0.0138. The first kappa shape index (κ1) is 23.8. The van der Waals surface area contributed by atoms with E-state index >= 15 is 0 Å². The summed E-state index contributed by atoms with van der Waals surface area (Å²) < 4.78 is 8.76. The van der Waals surface area contributed by atoms with Crippen LogP contribution in [0.2, 0.25) is 0 Å². The lowest BCUT2D eigenvalue weighted by atomic mass is 10.2. The van der Waals surface area contributed by atoms with Crippen molar-refractivity contribution < 1.29 is 14.6 Å². The van der Waals surface area contributed by atoms with Crippen LogP contribution in [0.15, 0.2) is 44.2 Å². The number of rotatable bonds is 4. The third kappa shape index (κ3) is 6.33. The smallest absolute Gasteiger partial charge is 0.410 e. The number of hydrogen-bond donors (Lipinski definition) is 1. The molecule has 1 amide bonds. The van der Waals surface area contributed by atoms with Crippen LogP contribution in [0.4, 0.5) is 4.79 Å². The minimum absolute atomic E-state index is 0.228. The van der Waals surface area contributed by atoms with Crippen LogP contribution in [0, 0.1) is 0 Å². The molecule has 1 aromatic carbocycles. The van der Waals surface area contributed by atoms with Crippen molar-refractivity contribution >= 4 is 38.0 Å². The molecule has 0 atom stereocenters. The molecule has 3 rings (SSSR count). The SMILES string of the molecule is CC(C)(C)OC(=O)N1CCN(Cc2ccn(Cc3ccc(Br)c(Br)c3)c(=O)c2O)CC1. The van der Waals surface area contributed by atoms with Gasteiger partial charge in [0.25, 0.3) is 5.56 Å². The Morgan fingerprint density at radius 1 is 1.06 bits per heavy atom. The molecule has 2 heterocycles. The van der Waals surface area contributed by atoms with Gasteiger partial charge in [-0.15, -0.1) is 0 Å². The zero-order chi connectivity index (χ0) is 22.8. The van der Waals surface area contributed by atoms with Crippen molar-refractivity contribution in [2.45, 2.75) is 39.5 Å². The molecule has 0 bridgehead atoms. The van der Waals surface area contributed by atoms with E-state index in [0.717, 1.165) is 14.5 Å². The van der Waals surface area contributed by atoms with Crippen LogP contribution < -0.4 is 5.56 Å². The number of piperazine rings is 1. The van der Waals surface area contributed by atoms with Crippen LogP contribution in [0.3, 0.4) is 0 Å². The summed E-state index contributed by atoms with van der Waals surface area (Å²) in [7, 11) is 0. The van der Waals surface area contributed by atoms with Crippen molar-refractivity contribution in [2.24, 2.45) is 0 Å². The Morgan fingerprint density at radius 3 is 2.35 bits per heavy atom. The normalized spacial score (nSPS) is 15.2. The van der Waals surface area contributed by atoms with Gasteiger partial charge in [0.1, 0.15) is 5.60 Å². The molecule has 168 valence electrons. The summed E-state index contributed by atoms with van der Waals surface area (Å²) in [6.07, 6.45) is 1.40. The number of nitrogens with zero attached hydrogens (tertiary/aromatic N) is 3. The quantitative estimate of drug-likeness (QED) is 0.611. The van der Waals surface area contributed by atoms with Crippen LogP contribution in [-0.4, -0.2) is 57.3 Å². The molecule has 0 radical (unpaired) electrons. The molecule has 7 nitrogen and oxygen atoms in total. The fraction of sp³-hybridized carbons (Fsp3) is 0.455. The maximum Gasteiger partial charge on any atom is 0.410 e. The predicted octanol–water partition coefficient (Wildman–Crippen LogP) is 4.18. The molecule has 0 saturated carbocycles. The number of carbonyl (C=O) groups excluding carboxylic acids is 1. The van der Waals surface area contributed by atoms with Gasteiger partial charge in [0, 0.05) is 53.4 Å². The summed E-state index contributed by atoms with van der Waals surface area (Å²) >= 11 is 6.90. The van der Waals surface area contributed by atoms with Crippen molar-refractivity contribution in [1.29, 1.82) is 0 Å². The first-order chi connectivity index (χ1) is 14.5. The van der Waals surface area contributed by atoms with E-state index in [-0.39, 0.29) is 11.8 Å². The predicted molar refractivity (Wildman–Crippen MR) is 126 cm³/mol.